The molecule has 6 amide bonds. The molecule has 0 bridgehead atoms. The van der Waals surface area contributed by atoms with E-state index in [0.717, 1.165) is 28.4 Å². The fraction of sp³-hybridized carbons (Fsp3) is 0.897. The van der Waals surface area contributed by atoms with Gasteiger partial charge in [-0.05, 0) is 57.8 Å². The van der Waals surface area contributed by atoms with Crippen LogP contribution in [0.15, 0.2) is 0 Å². The number of phosphoric ester groups is 3. The molecule has 6 heterocycles. The Morgan fingerprint density at radius 3 is 0.950 bits per heavy atom. The van der Waals surface area contributed by atoms with E-state index >= 15 is 0 Å². The van der Waals surface area contributed by atoms with Gasteiger partial charge in [-0.3, -0.25) is 69.5 Å². The first-order valence-corrected chi connectivity index (χ1v) is 37.7. The molecule has 0 saturated carbocycles. The Balaban J connectivity index is 1.10. The number of hydrogen-bond acceptors (Lipinski definition) is 34. The Bertz CT molecular complexity index is 2790. The normalized spacial score (nSPS) is 33.6. The van der Waals surface area contributed by atoms with Crippen LogP contribution in [0.3, 0.4) is 0 Å². The number of rotatable bonds is 41. The van der Waals surface area contributed by atoms with Crippen molar-refractivity contribution in [1.29, 1.82) is 0 Å². The molecule has 0 aromatic carbocycles. The summed E-state index contributed by atoms with van der Waals surface area (Å²) in [6, 6.07) is -6.33. The van der Waals surface area contributed by atoms with Crippen LogP contribution >= 0.6 is 23.5 Å². The lowest BCUT2D eigenvalue weighted by atomic mass is 9.97. The van der Waals surface area contributed by atoms with Gasteiger partial charge in [0.25, 0.3) is 0 Å². The molecule has 0 radical (unpaired) electrons. The smallest absolute Gasteiger partial charge is 0.394 e. The third-order valence-corrected chi connectivity index (χ3v) is 22.2. The average Bonchev–Trinajstić information content (AvgIpc) is 1.71. The number of likely N-dealkylation sites (tertiary alicyclic amines) is 3. The van der Waals surface area contributed by atoms with Crippen LogP contribution in [0.25, 0.3) is 0 Å². The average molecular weight is 1520 g/mol. The predicted octanol–water partition coefficient (Wildman–Crippen LogP) is -3.73. The molecule has 584 valence electrons. The van der Waals surface area contributed by atoms with Crippen molar-refractivity contribution in [3.63, 3.8) is 0 Å². The number of carbonyl (C=O) groups excluding carboxylic acids is 6. The minimum atomic E-state index is -4.67. The summed E-state index contributed by atoms with van der Waals surface area (Å²) in [5, 5.41) is 110. The summed E-state index contributed by atoms with van der Waals surface area (Å²) < 4.78 is 126. The second-order valence-electron chi connectivity index (χ2n) is 25.1. The summed E-state index contributed by atoms with van der Waals surface area (Å²) in [6.07, 6.45) is -19.2. The second kappa shape index (κ2) is 41.0. The van der Waals surface area contributed by atoms with E-state index in [1.807, 2.05) is 0 Å². The van der Waals surface area contributed by atoms with E-state index < -0.39 is 227 Å². The van der Waals surface area contributed by atoms with Gasteiger partial charge in [-0.15, -0.1) is 0 Å². The van der Waals surface area contributed by atoms with Crippen LogP contribution in [-0.4, -0.2) is 337 Å². The van der Waals surface area contributed by atoms with Gasteiger partial charge >= 0.3 is 23.5 Å². The van der Waals surface area contributed by atoms with Crippen molar-refractivity contribution in [2.45, 2.75) is 226 Å². The Labute approximate surface area is 584 Å². The number of aliphatic hydroxyl groups excluding tert-OH is 10. The number of nitrogens with one attached hydrogen (secondary N) is 3. The summed E-state index contributed by atoms with van der Waals surface area (Å²) in [5.41, 5.74) is 0. The van der Waals surface area contributed by atoms with Crippen LogP contribution in [0.1, 0.15) is 97.8 Å². The molecule has 101 heavy (non-hydrogen) atoms. The van der Waals surface area contributed by atoms with Gasteiger partial charge in [-0.2, -0.15) is 0 Å². The predicted molar refractivity (Wildman–Crippen MR) is 340 cm³/mol. The maximum absolute atomic E-state index is 14.6. The summed E-state index contributed by atoms with van der Waals surface area (Å²) in [5.74, 6) is -3.06. The van der Waals surface area contributed by atoms with Gasteiger partial charge in [-0.1, -0.05) is 0 Å². The fourth-order valence-electron chi connectivity index (χ4n) is 12.6. The molecular formula is C58H103N6O34P3. The number of unbranched alkanes of at least 4 members (excludes halogenated alkanes) is 3. The molecule has 13 N–H and O–H groups in total. The number of carbonyl (C=O) groups is 6. The van der Waals surface area contributed by atoms with Crippen molar-refractivity contribution in [3.8, 4) is 0 Å². The standard InChI is InChI=1S/C58H103N6O34P3/c1-32(69)59-47-53(78)50(75)41(27-66)93-56(47)88-17-11-8-14-44(72)62-23-38(20-35(62)26-65)97-100(82,86-6)91-31-37-22-40(25-64(37)46(74)16-10-13-19-90-58-49(61-34(3)71)55(80)52(77)43(29-68)95-58)98-101(83,87-7)92-30-36-21-39(96-99(81,84-4)85-5)24-63(36)45(73)15-9-12-18-89-57-48(60-33(2)70)54(79)51(76)42(28-67)94-57/h35-43,47-58,65-68,75-80H,8-31H2,1-7H3,(H,59,69)(H,60,70)(H,61,71)/t35-,36-,37-,38+,39+,40+,41?,42?,43?,47?,48?,49?,50?,51?,52?,53?,54?,55?,56?,57?,58?,100?,101?/m0/s1. The number of hydrogen-bond donors (Lipinski definition) is 13. The van der Waals surface area contributed by atoms with Crippen LogP contribution in [0, 0.1) is 0 Å². The lowest BCUT2D eigenvalue weighted by Gasteiger charge is -2.42. The van der Waals surface area contributed by atoms with Crippen molar-refractivity contribution in [1.82, 2.24) is 30.7 Å². The van der Waals surface area contributed by atoms with Gasteiger partial charge in [0.15, 0.2) is 18.9 Å². The monoisotopic (exact) mass is 1520 g/mol. The highest BCUT2D eigenvalue weighted by molar-refractivity contribution is 7.49. The van der Waals surface area contributed by atoms with E-state index in [4.69, 9.17) is 69.1 Å². The Hall–Kier alpha value is -3.49. The Morgan fingerprint density at radius 2 is 0.683 bits per heavy atom. The molecular weight excluding hydrogens is 1420 g/mol. The summed E-state index contributed by atoms with van der Waals surface area (Å²) in [7, 11) is -9.12. The highest BCUT2D eigenvalue weighted by Crippen LogP contribution is 2.55. The van der Waals surface area contributed by atoms with Gasteiger partial charge in [-0.25, -0.2) is 13.7 Å². The van der Waals surface area contributed by atoms with Crippen molar-refractivity contribution >= 4 is 58.9 Å². The minimum Gasteiger partial charge on any atom is -0.394 e. The van der Waals surface area contributed by atoms with Crippen LogP contribution in [0.4, 0.5) is 0 Å². The van der Waals surface area contributed by atoms with E-state index in [9.17, 15) is 93.5 Å². The van der Waals surface area contributed by atoms with E-state index in [2.05, 4.69) is 16.0 Å². The molecule has 43 heteroatoms. The molecule has 17 unspecified atom stereocenters. The fourth-order valence-corrected chi connectivity index (χ4v) is 15.7. The second-order valence-corrected chi connectivity index (χ2v) is 30.4. The number of aliphatic hydroxyl groups is 10. The lowest BCUT2D eigenvalue weighted by Crippen LogP contribution is -2.64. The van der Waals surface area contributed by atoms with Gasteiger partial charge < -0.3 is 110 Å². The number of ether oxygens (including phenoxy) is 6. The third-order valence-electron chi connectivity index (χ3n) is 17.8. The largest absolute Gasteiger partial charge is 0.474 e. The lowest BCUT2D eigenvalue weighted by molar-refractivity contribution is -0.270. The Morgan fingerprint density at radius 1 is 0.406 bits per heavy atom. The highest BCUT2D eigenvalue weighted by Gasteiger charge is 2.50. The molecule has 6 saturated heterocycles. The molecule has 6 fully saturated rings. The zero-order valence-corrected chi connectivity index (χ0v) is 60.2. The maximum atomic E-state index is 14.6. The van der Waals surface area contributed by atoms with Crippen molar-refractivity contribution in [2.75, 3.05) is 108 Å². The zero-order chi connectivity index (χ0) is 74.5. The van der Waals surface area contributed by atoms with E-state index in [1.165, 1.54) is 35.5 Å². The molecule has 0 aliphatic carbocycles. The van der Waals surface area contributed by atoms with E-state index in [-0.39, 0.29) is 117 Å². The van der Waals surface area contributed by atoms with Gasteiger partial charge in [0.1, 0.15) is 73.1 Å². The van der Waals surface area contributed by atoms with E-state index in [0.29, 0.717) is 0 Å². The van der Waals surface area contributed by atoms with Gasteiger partial charge in [0, 0.05) is 108 Å². The van der Waals surface area contributed by atoms with Crippen molar-refractivity contribution in [3.05, 3.63) is 0 Å². The molecule has 0 spiro atoms. The molecule has 6 rings (SSSR count). The highest BCUT2D eigenvalue weighted by atomic mass is 31.2. The topological polar surface area (TPSA) is 540 Å². The Kier molecular flexibility index (Phi) is 35.1. The van der Waals surface area contributed by atoms with Crippen LogP contribution in [0.2, 0.25) is 0 Å². The van der Waals surface area contributed by atoms with Gasteiger partial charge in [0.2, 0.25) is 35.4 Å². The molecule has 23 atom stereocenters. The zero-order valence-electron chi connectivity index (χ0n) is 57.5. The summed E-state index contributed by atoms with van der Waals surface area (Å²) in [4.78, 5) is 81.7. The van der Waals surface area contributed by atoms with E-state index in [1.54, 1.807) is 0 Å². The first-order valence-electron chi connectivity index (χ1n) is 33.3. The number of phosphoric acid groups is 3. The SMILES string of the molecule is COP(=O)(OC)O[C@@H]1C[C@@H](COP(=O)(OC)O[C@@H]2C[C@@H](COP(=O)(OC)O[C@@H]3C[C@@H](CO)N(C(=O)CCCCOC4OC(CO)C(O)C(O)C4NC(C)=O)C3)N(C(=O)CCCCOC3OC(CO)C(O)C(O)C3NC(C)=O)C2)N(C(=O)CCCCOC2OC(CO)C(O)C(O)C2NC(C)=O)C1. The quantitative estimate of drug-likeness (QED) is 0.0207. The summed E-state index contributed by atoms with van der Waals surface area (Å²) >= 11 is 0. The molecule has 40 nitrogen and oxygen atoms in total. The van der Waals surface area contributed by atoms with Crippen LogP contribution in [0.5, 0.6) is 0 Å². The first-order chi connectivity index (χ1) is 47.9. The number of nitrogens with zero attached hydrogens (tertiary/aromatic N) is 3. The van der Waals surface area contributed by atoms with Crippen LogP contribution in [-0.2, 0) is 112 Å². The number of amides is 6. The van der Waals surface area contributed by atoms with Crippen LogP contribution < -0.4 is 16.0 Å². The first kappa shape index (κ1) is 86.4. The molecule has 0 aromatic rings. The molecule has 0 aromatic heterocycles. The van der Waals surface area contributed by atoms with Crippen molar-refractivity contribution in [2.24, 2.45) is 0 Å². The summed E-state index contributed by atoms with van der Waals surface area (Å²) in [6.45, 7) is -0.835. The van der Waals surface area contributed by atoms with Crippen molar-refractivity contribution < 1.29 is 163 Å². The maximum Gasteiger partial charge on any atom is 0.474 e. The third kappa shape index (κ3) is 24.5. The molecule has 6 aliphatic heterocycles. The minimum absolute atomic E-state index is 0.0117. The molecule has 6 aliphatic rings. The van der Waals surface area contributed by atoms with Gasteiger partial charge in [0.05, 0.1) is 76.1 Å².